The Labute approximate surface area is 114 Å². The smallest absolute Gasteiger partial charge is 0.318 e. The van der Waals surface area contributed by atoms with Gasteiger partial charge in [0.1, 0.15) is 0 Å². The van der Waals surface area contributed by atoms with Crippen LogP contribution in [0.1, 0.15) is 54.4 Å². The van der Waals surface area contributed by atoms with Crippen LogP contribution in [0.5, 0.6) is 0 Å². The number of carbonyl (C=O) groups excluding carboxylic acids is 2. The van der Waals surface area contributed by atoms with Crippen molar-refractivity contribution >= 4 is 17.9 Å². The van der Waals surface area contributed by atoms with Gasteiger partial charge in [0.25, 0.3) is 0 Å². The van der Waals surface area contributed by atoms with Crippen LogP contribution in [0, 0.1) is 16.7 Å². The monoisotopic (exact) mass is 272 g/mol. The highest BCUT2D eigenvalue weighted by Crippen LogP contribution is 2.28. The maximum Gasteiger partial charge on any atom is 0.318 e. The molecule has 0 radical (unpaired) electrons. The van der Waals surface area contributed by atoms with Gasteiger partial charge in [-0.15, -0.1) is 0 Å². The second-order valence-corrected chi connectivity index (χ2v) is 6.79. The predicted molar refractivity (Wildman–Crippen MR) is 70.4 cm³/mol. The number of carboxylic acid groups (broad SMARTS) is 1. The van der Waals surface area contributed by atoms with Crippen LogP contribution in [0.25, 0.3) is 0 Å². The van der Waals surface area contributed by atoms with E-state index in [9.17, 15) is 14.4 Å². The first kappa shape index (κ1) is 17.6. The third-order valence-electron chi connectivity index (χ3n) is 2.34. The molecule has 0 heterocycles. The summed E-state index contributed by atoms with van der Waals surface area (Å²) in [5.74, 6) is -1.57. The van der Waals surface area contributed by atoms with Gasteiger partial charge in [0, 0.05) is 0 Å². The first-order valence-corrected chi connectivity index (χ1v) is 6.35. The summed E-state index contributed by atoms with van der Waals surface area (Å²) in [6.45, 7) is 10.3. The molecule has 0 atom stereocenters. The first-order chi connectivity index (χ1) is 8.35. The molecule has 5 nitrogen and oxygen atoms in total. The minimum atomic E-state index is -0.630. The molecule has 1 fully saturated rings. The van der Waals surface area contributed by atoms with E-state index in [0.717, 1.165) is 12.8 Å². The summed E-state index contributed by atoms with van der Waals surface area (Å²) in [6, 6.07) is 0. The molecule has 0 saturated heterocycles. The predicted octanol–water partition coefficient (Wildman–Crippen LogP) is 2.63. The maximum absolute atomic E-state index is 11.3. The molecule has 1 saturated carbocycles. The number of hydrogen-bond donors (Lipinski definition) is 1. The van der Waals surface area contributed by atoms with Gasteiger partial charge >= 0.3 is 17.9 Å². The van der Waals surface area contributed by atoms with Crippen molar-refractivity contribution < 1.29 is 24.2 Å². The van der Waals surface area contributed by atoms with Crippen molar-refractivity contribution in [3.63, 3.8) is 0 Å². The quantitative estimate of drug-likeness (QED) is 0.586. The molecular weight excluding hydrogens is 248 g/mol. The van der Waals surface area contributed by atoms with E-state index in [0.29, 0.717) is 0 Å². The van der Waals surface area contributed by atoms with E-state index in [1.165, 1.54) is 0 Å². The maximum atomic E-state index is 11.3. The third kappa shape index (κ3) is 7.59. The number of esters is 2. The summed E-state index contributed by atoms with van der Waals surface area (Å²) in [5, 5.41) is 8.05. The van der Waals surface area contributed by atoms with Crippen molar-refractivity contribution in [2.45, 2.75) is 54.4 Å². The first-order valence-electron chi connectivity index (χ1n) is 6.35. The Kier molecular flexibility index (Phi) is 5.72. The second kappa shape index (κ2) is 6.17. The van der Waals surface area contributed by atoms with Crippen LogP contribution < -0.4 is 0 Å². The lowest BCUT2D eigenvalue weighted by Crippen LogP contribution is -2.31. The fourth-order valence-electron chi connectivity index (χ4n) is 0.721. The molecule has 1 aliphatic carbocycles. The minimum absolute atomic E-state index is 0.0185. The largest absolute Gasteiger partial charge is 0.481 e. The SMILES string of the molecule is CC(C)(C)C(=O)OC(=O)C(C)(C)C.O=C(O)C1CC1. The number of carboxylic acids is 1. The van der Waals surface area contributed by atoms with Gasteiger partial charge in [0.2, 0.25) is 0 Å². The van der Waals surface area contributed by atoms with Gasteiger partial charge in [0.05, 0.1) is 16.7 Å². The van der Waals surface area contributed by atoms with E-state index in [4.69, 9.17) is 9.84 Å². The lowest BCUT2D eigenvalue weighted by atomic mass is 9.95. The van der Waals surface area contributed by atoms with Crippen molar-refractivity contribution in [2.24, 2.45) is 16.7 Å². The average Bonchev–Trinajstić information content (AvgIpc) is 2.97. The van der Waals surface area contributed by atoms with E-state index in [1.54, 1.807) is 41.5 Å². The van der Waals surface area contributed by atoms with Crippen molar-refractivity contribution in [3.8, 4) is 0 Å². The number of rotatable bonds is 1. The highest BCUT2D eigenvalue weighted by molar-refractivity contribution is 5.90. The van der Waals surface area contributed by atoms with E-state index >= 15 is 0 Å². The molecule has 0 aromatic heterocycles. The summed E-state index contributed by atoms with van der Waals surface area (Å²) >= 11 is 0. The van der Waals surface area contributed by atoms with E-state index < -0.39 is 28.7 Å². The van der Waals surface area contributed by atoms with E-state index in [2.05, 4.69) is 0 Å². The summed E-state index contributed by atoms with van der Waals surface area (Å²) in [7, 11) is 0. The highest BCUT2D eigenvalue weighted by atomic mass is 16.6. The summed E-state index contributed by atoms with van der Waals surface area (Å²) < 4.78 is 4.70. The Balaban J connectivity index is 0.000000443. The fourth-order valence-corrected chi connectivity index (χ4v) is 0.721. The van der Waals surface area contributed by atoms with Crippen LogP contribution in [-0.4, -0.2) is 23.0 Å². The Morgan fingerprint density at radius 2 is 1.21 bits per heavy atom. The molecule has 0 bridgehead atoms. The molecule has 19 heavy (non-hydrogen) atoms. The highest BCUT2D eigenvalue weighted by Gasteiger charge is 2.31. The van der Waals surface area contributed by atoms with Crippen molar-refractivity contribution in [2.75, 3.05) is 0 Å². The molecule has 0 aliphatic heterocycles. The lowest BCUT2D eigenvalue weighted by molar-refractivity contribution is -0.171. The van der Waals surface area contributed by atoms with Crippen LogP contribution in [0.4, 0.5) is 0 Å². The zero-order chi connectivity index (χ0) is 15.4. The van der Waals surface area contributed by atoms with Crippen LogP contribution in [0.2, 0.25) is 0 Å². The molecular formula is C14H24O5. The Bertz CT molecular complexity index is 329. The molecule has 5 heteroatoms. The number of hydrogen-bond acceptors (Lipinski definition) is 4. The van der Waals surface area contributed by atoms with Crippen molar-refractivity contribution in [1.82, 2.24) is 0 Å². The van der Waals surface area contributed by atoms with E-state index in [1.807, 2.05) is 0 Å². The topological polar surface area (TPSA) is 80.7 Å². The summed E-state index contributed by atoms with van der Waals surface area (Å²) in [4.78, 5) is 32.3. The van der Waals surface area contributed by atoms with Gasteiger partial charge < -0.3 is 9.84 Å². The molecule has 0 unspecified atom stereocenters. The Morgan fingerprint density at radius 3 is 1.32 bits per heavy atom. The number of carbonyl (C=O) groups is 3. The van der Waals surface area contributed by atoms with Crippen molar-refractivity contribution in [1.29, 1.82) is 0 Å². The molecule has 0 spiro atoms. The zero-order valence-electron chi connectivity index (χ0n) is 12.6. The van der Waals surface area contributed by atoms with Gasteiger partial charge in [-0.3, -0.25) is 14.4 Å². The number of aliphatic carboxylic acids is 1. The normalized spacial score (nSPS) is 15.1. The van der Waals surface area contributed by atoms with Crippen LogP contribution in [0.3, 0.4) is 0 Å². The van der Waals surface area contributed by atoms with E-state index in [-0.39, 0.29) is 5.92 Å². The average molecular weight is 272 g/mol. The van der Waals surface area contributed by atoms with Crippen LogP contribution in [0.15, 0.2) is 0 Å². The molecule has 1 N–H and O–H groups in total. The van der Waals surface area contributed by atoms with Gasteiger partial charge in [-0.2, -0.15) is 0 Å². The lowest BCUT2D eigenvalue weighted by Gasteiger charge is -2.20. The molecule has 0 aromatic rings. The molecule has 0 amide bonds. The van der Waals surface area contributed by atoms with Gasteiger partial charge in [-0.25, -0.2) is 0 Å². The molecule has 1 aliphatic rings. The summed E-state index contributed by atoms with van der Waals surface area (Å²) in [6.07, 6.45) is 1.80. The summed E-state index contributed by atoms with van der Waals surface area (Å²) in [5.41, 5.74) is -1.25. The third-order valence-corrected chi connectivity index (χ3v) is 2.34. The van der Waals surface area contributed by atoms with Gasteiger partial charge in [-0.1, -0.05) is 0 Å². The van der Waals surface area contributed by atoms with Crippen LogP contribution >= 0.6 is 0 Å². The molecule has 1 rings (SSSR count). The van der Waals surface area contributed by atoms with Crippen LogP contribution in [-0.2, 0) is 19.1 Å². The fraction of sp³-hybridized carbons (Fsp3) is 0.786. The Hall–Kier alpha value is -1.39. The Morgan fingerprint density at radius 1 is 0.895 bits per heavy atom. The van der Waals surface area contributed by atoms with Gasteiger partial charge in [0.15, 0.2) is 0 Å². The second-order valence-electron chi connectivity index (χ2n) is 6.79. The van der Waals surface area contributed by atoms with Crippen molar-refractivity contribution in [3.05, 3.63) is 0 Å². The standard InChI is InChI=1S/C10H18O3.C4H6O2/c1-9(2,3)7(11)13-8(12)10(4,5)6;5-4(6)3-1-2-3/h1-6H3;3H,1-2H2,(H,5,6). The minimum Gasteiger partial charge on any atom is -0.481 e. The molecule has 0 aromatic carbocycles. The molecule has 110 valence electrons. The zero-order valence-corrected chi connectivity index (χ0v) is 12.6. The van der Waals surface area contributed by atoms with Gasteiger partial charge in [-0.05, 0) is 54.4 Å². The number of ether oxygens (including phenoxy) is 1.